The van der Waals surface area contributed by atoms with Crippen LogP contribution in [0.1, 0.15) is 13.8 Å². The highest BCUT2D eigenvalue weighted by Crippen LogP contribution is 2.09. The number of amides is 2. The molecule has 2 unspecified atom stereocenters. The molecular weight excluding hydrogens is 232 g/mol. The average molecular weight is 248 g/mol. The lowest BCUT2D eigenvalue weighted by molar-refractivity contribution is -0.140. The van der Waals surface area contributed by atoms with Crippen molar-refractivity contribution in [2.45, 2.75) is 19.9 Å². The Morgan fingerprint density at radius 2 is 1.94 bits per heavy atom. The van der Waals surface area contributed by atoms with Crippen molar-refractivity contribution in [1.82, 2.24) is 5.32 Å². The molecule has 2 atom stereocenters. The molecule has 0 radical (unpaired) electrons. The van der Waals surface area contributed by atoms with Crippen molar-refractivity contribution >= 4 is 29.5 Å². The molecule has 0 saturated carbocycles. The Morgan fingerprint density at radius 1 is 1.38 bits per heavy atom. The molecule has 0 rings (SSSR count). The number of nitrogens with one attached hydrogen (secondary N) is 1. The normalized spacial score (nSPS) is 13.9. The van der Waals surface area contributed by atoms with Gasteiger partial charge in [-0.2, -0.15) is 11.8 Å². The molecular formula is C9H16N2O4S. The molecule has 0 aliphatic carbocycles. The number of carboxylic acids is 1. The van der Waals surface area contributed by atoms with Gasteiger partial charge < -0.3 is 16.2 Å². The van der Waals surface area contributed by atoms with E-state index < -0.39 is 23.8 Å². The molecule has 2 amide bonds. The standard InChI is InChI=1S/C9H16N2O4S/c1-5(8(10)13)3-16-4-7(9(14)15)11-6(2)12/h5,7H,3-4H2,1-2H3,(H2,10,13)(H,11,12)(H,14,15). The highest BCUT2D eigenvalue weighted by atomic mass is 32.2. The van der Waals surface area contributed by atoms with Gasteiger partial charge in [-0.15, -0.1) is 0 Å². The summed E-state index contributed by atoms with van der Waals surface area (Å²) < 4.78 is 0. The minimum Gasteiger partial charge on any atom is -0.480 e. The van der Waals surface area contributed by atoms with E-state index in [1.807, 2.05) is 0 Å². The Hall–Kier alpha value is -1.24. The van der Waals surface area contributed by atoms with Crippen molar-refractivity contribution in [3.8, 4) is 0 Å². The quantitative estimate of drug-likeness (QED) is 0.559. The van der Waals surface area contributed by atoms with E-state index in [4.69, 9.17) is 10.8 Å². The molecule has 6 nitrogen and oxygen atoms in total. The van der Waals surface area contributed by atoms with Gasteiger partial charge >= 0.3 is 5.97 Å². The number of aliphatic carboxylic acids is 1. The van der Waals surface area contributed by atoms with Gasteiger partial charge in [0.15, 0.2) is 0 Å². The summed E-state index contributed by atoms with van der Waals surface area (Å²) in [6.45, 7) is 2.93. The second kappa shape index (κ2) is 7.10. The molecule has 4 N–H and O–H groups in total. The lowest BCUT2D eigenvalue weighted by atomic mass is 10.2. The molecule has 0 aromatic heterocycles. The first-order chi connectivity index (χ1) is 7.34. The van der Waals surface area contributed by atoms with Gasteiger partial charge in [0.1, 0.15) is 6.04 Å². The van der Waals surface area contributed by atoms with Crippen molar-refractivity contribution in [3.05, 3.63) is 0 Å². The summed E-state index contributed by atoms with van der Waals surface area (Å²) >= 11 is 1.27. The van der Waals surface area contributed by atoms with E-state index in [1.54, 1.807) is 6.92 Å². The van der Waals surface area contributed by atoms with Crippen LogP contribution in [0.3, 0.4) is 0 Å². The zero-order chi connectivity index (χ0) is 12.7. The summed E-state index contributed by atoms with van der Waals surface area (Å²) in [7, 11) is 0. The topological polar surface area (TPSA) is 109 Å². The molecule has 0 aliphatic rings. The largest absolute Gasteiger partial charge is 0.480 e. The van der Waals surface area contributed by atoms with E-state index in [0.717, 1.165) is 0 Å². The fraction of sp³-hybridized carbons (Fsp3) is 0.667. The van der Waals surface area contributed by atoms with Crippen molar-refractivity contribution in [1.29, 1.82) is 0 Å². The number of primary amides is 1. The first-order valence-electron chi connectivity index (χ1n) is 4.71. The zero-order valence-corrected chi connectivity index (χ0v) is 10.0. The highest BCUT2D eigenvalue weighted by Gasteiger charge is 2.19. The van der Waals surface area contributed by atoms with E-state index in [-0.39, 0.29) is 11.7 Å². The molecule has 0 heterocycles. The molecule has 16 heavy (non-hydrogen) atoms. The van der Waals surface area contributed by atoms with Gasteiger partial charge in [-0.05, 0) is 0 Å². The van der Waals surface area contributed by atoms with E-state index in [0.29, 0.717) is 5.75 Å². The van der Waals surface area contributed by atoms with Crippen molar-refractivity contribution in [3.63, 3.8) is 0 Å². The van der Waals surface area contributed by atoms with Crippen LogP contribution in [0.4, 0.5) is 0 Å². The van der Waals surface area contributed by atoms with Crippen LogP contribution in [0, 0.1) is 5.92 Å². The van der Waals surface area contributed by atoms with E-state index in [1.165, 1.54) is 18.7 Å². The molecule has 0 aromatic rings. The molecule has 0 aliphatic heterocycles. The molecule has 0 saturated heterocycles. The lowest BCUT2D eigenvalue weighted by Gasteiger charge is -2.13. The number of hydrogen-bond acceptors (Lipinski definition) is 4. The van der Waals surface area contributed by atoms with Gasteiger partial charge in [0.05, 0.1) is 0 Å². The van der Waals surface area contributed by atoms with Gasteiger partial charge in [0.2, 0.25) is 11.8 Å². The monoisotopic (exact) mass is 248 g/mol. The average Bonchev–Trinajstić information content (AvgIpc) is 2.14. The Morgan fingerprint density at radius 3 is 2.31 bits per heavy atom. The van der Waals surface area contributed by atoms with Gasteiger partial charge in [0, 0.05) is 24.3 Å². The number of carboxylic acid groups (broad SMARTS) is 1. The smallest absolute Gasteiger partial charge is 0.327 e. The van der Waals surface area contributed by atoms with Crippen LogP contribution in [0.5, 0.6) is 0 Å². The number of nitrogens with two attached hydrogens (primary N) is 1. The van der Waals surface area contributed by atoms with Crippen LogP contribution >= 0.6 is 11.8 Å². The van der Waals surface area contributed by atoms with Crippen LogP contribution < -0.4 is 11.1 Å². The van der Waals surface area contributed by atoms with Crippen molar-refractivity contribution in [2.24, 2.45) is 11.7 Å². The maximum Gasteiger partial charge on any atom is 0.327 e. The predicted molar refractivity (Wildman–Crippen MR) is 60.9 cm³/mol. The lowest BCUT2D eigenvalue weighted by Crippen LogP contribution is -2.41. The van der Waals surface area contributed by atoms with Gasteiger partial charge in [-0.3, -0.25) is 9.59 Å². The Kier molecular flexibility index (Phi) is 6.55. The summed E-state index contributed by atoms with van der Waals surface area (Å²) in [6, 6.07) is -0.928. The SMILES string of the molecule is CC(=O)NC(CSCC(C)C(N)=O)C(=O)O. The maximum absolute atomic E-state index is 10.7. The second-order valence-electron chi connectivity index (χ2n) is 3.43. The summed E-state index contributed by atoms with van der Waals surface area (Å²) in [4.78, 5) is 32.1. The van der Waals surface area contributed by atoms with Gasteiger partial charge in [-0.1, -0.05) is 6.92 Å². The first-order valence-corrected chi connectivity index (χ1v) is 5.87. The number of thioether (sulfide) groups is 1. The minimum absolute atomic E-state index is 0.215. The Labute approximate surface area is 98.0 Å². The van der Waals surface area contributed by atoms with Crippen LogP contribution in [-0.2, 0) is 14.4 Å². The van der Waals surface area contributed by atoms with Crippen LogP contribution in [0.15, 0.2) is 0 Å². The summed E-state index contributed by atoms with van der Waals surface area (Å²) in [5.74, 6) is -1.55. The Bertz CT molecular complexity index is 283. The molecule has 0 fully saturated rings. The molecule has 7 heteroatoms. The van der Waals surface area contributed by atoms with Gasteiger partial charge in [0.25, 0.3) is 0 Å². The van der Waals surface area contributed by atoms with E-state index in [2.05, 4.69) is 5.32 Å². The minimum atomic E-state index is -1.09. The molecule has 0 spiro atoms. The van der Waals surface area contributed by atoms with Crippen LogP contribution in [0.25, 0.3) is 0 Å². The fourth-order valence-electron chi connectivity index (χ4n) is 0.865. The fourth-order valence-corrected chi connectivity index (χ4v) is 1.98. The highest BCUT2D eigenvalue weighted by molar-refractivity contribution is 7.99. The third kappa shape index (κ3) is 6.28. The second-order valence-corrected chi connectivity index (χ2v) is 4.51. The summed E-state index contributed by atoms with van der Waals surface area (Å²) in [5.41, 5.74) is 5.06. The van der Waals surface area contributed by atoms with E-state index in [9.17, 15) is 14.4 Å². The maximum atomic E-state index is 10.7. The van der Waals surface area contributed by atoms with Crippen molar-refractivity contribution < 1.29 is 19.5 Å². The van der Waals surface area contributed by atoms with Gasteiger partial charge in [-0.25, -0.2) is 4.79 Å². The first kappa shape index (κ1) is 14.8. The van der Waals surface area contributed by atoms with Crippen LogP contribution in [-0.4, -0.2) is 40.4 Å². The zero-order valence-electron chi connectivity index (χ0n) is 9.23. The van der Waals surface area contributed by atoms with E-state index >= 15 is 0 Å². The molecule has 92 valence electrons. The molecule has 0 bridgehead atoms. The predicted octanol–water partition coefficient (Wildman–Crippen LogP) is -0.570. The van der Waals surface area contributed by atoms with Crippen LogP contribution in [0.2, 0.25) is 0 Å². The third-order valence-corrected chi connectivity index (χ3v) is 3.12. The number of carbonyl (C=O) groups is 3. The Balaban J connectivity index is 3.99. The molecule has 0 aromatic carbocycles. The number of rotatable bonds is 7. The third-order valence-electron chi connectivity index (χ3n) is 1.81. The summed E-state index contributed by atoms with van der Waals surface area (Å²) in [6.07, 6.45) is 0. The van der Waals surface area contributed by atoms with Crippen molar-refractivity contribution in [2.75, 3.05) is 11.5 Å². The number of carbonyl (C=O) groups excluding carboxylic acids is 2. The summed E-state index contributed by atoms with van der Waals surface area (Å²) in [5, 5.41) is 11.1. The number of hydrogen-bond donors (Lipinski definition) is 3.